The van der Waals surface area contributed by atoms with Crippen LogP contribution in [-0.2, 0) is 14.4 Å². The van der Waals surface area contributed by atoms with Crippen molar-refractivity contribution < 1.29 is 14.4 Å². The number of amides is 3. The van der Waals surface area contributed by atoms with Crippen molar-refractivity contribution in [1.29, 1.82) is 0 Å². The minimum absolute atomic E-state index is 0.0197. The Hall–Kier alpha value is -1.47. The summed E-state index contributed by atoms with van der Waals surface area (Å²) in [6.45, 7) is 2.25. The molecular formula is C12H22N4O3. The van der Waals surface area contributed by atoms with Crippen molar-refractivity contribution in [3.05, 3.63) is 0 Å². The molecule has 1 heterocycles. The average Bonchev–Trinajstić information content (AvgIpc) is 2.72. The fourth-order valence-corrected chi connectivity index (χ4v) is 1.91. The van der Waals surface area contributed by atoms with Gasteiger partial charge in [0.1, 0.15) is 0 Å². The number of likely N-dealkylation sites (N-methyl/N-ethyl adjacent to an activating group) is 2. The van der Waals surface area contributed by atoms with Gasteiger partial charge in [-0.25, -0.2) is 0 Å². The molecule has 1 rings (SSSR count). The zero-order valence-electron chi connectivity index (χ0n) is 11.6. The number of hydrogen-bond donors (Lipinski definition) is 2. The molecule has 0 aromatic heterocycles. The van der Waals surface area contributed by atoms with Crippen LogP contribution in [0.3, 0.4) is 0 Å². The summed E-state index contributed by atoms with van der Waals surface area (Å²) in [5, 5.41) is 5.28. The van der Waals surface area contributed by atoms with Gasteiger partial charge >= 0.3 is 0 Å². The van der Waals surface area contributed by atoms with Crippen LogP contribution in [0.5, 0.6) is 0 Å². The molecule has 2 N–H and O–H groups in total. The van der Waals surface area contributed by atoms with E-state index < -0.39 is 5.91 Å². The van der Waals surface area contributed by atoms with Crippen molar-refractivity contribution in [1.82, 2.24) is 20.4 Å². The molecule has 19 heavy (non-hydrogen) atoms. The summed E-state index contributed by atoms with van der Waals surface area (Å²) in [6.07, 6.45) is 1.28. The Morgan fingerprint density at radius 1 is 1.37 bits per heavy atom. The van der Waals surface area contributed by atoms with Crippen LogP contribution in [0, 0.1) is 0 Å². The van der Waals surface area contributed by atoms with E-state index in [1.54, 1.807) is 0 Å². The lowest BCUT2D eigenvalue weighted by molar-refractivity contribution is -0.136. The van der Waals surface area contributed by atoms with Crippen LogP contribution >= 0.6 is 0 Å². The fourth-order valence-electron chi connectivity index (χ4n) is 1.91. The van der Waals surface area contributed by atoms with Crippen LogP contribution in [0.4, 0.5) is 0 Å². The third-order valence-electron chi connectivity index (χ3n) is 2.94. The quantitative estimate of drug-likeness (QED) is 0.582. The molecule has 1 aliphatic rings. The number of imide groups is 1. The van der Waals surface area contributed by atoms with Gasteiger partial charge in [-0.05, 0) is 20.5 Å². The van der Waals surface area contributed by atoms with Gasteiger partial charge in [-0.3, -0.25) is 24.6 Å². The molecular weight excluding hydrogens is 248 g/mol. The zero-order chi connectivity index (χ0) is 14.3. The SMILES string of the molecule is CNCCN(C)CC(=O)NC(=O)CN1CCCC1=O. The predicted molar refractivity (Wildman–Crippen MR) is 70.4 cm³/mol. The maximum atomic E-state index is 11.6. The van der Waals surface area contributed by atoms with Gasteiger partial charge in [0.05, 0.1) is 13.1 Å². The second-order valence-electron chi connectivity index (χ2n) is 4.73. The first kappa shape index (κ1) is 15.6. The van der Waals surface area contributed by atoms with E-state index in [4.69, 9.17) is 0 Å². The van der Waals surface area contributed by atoms with Gasteiger partial charge in [0.25, 0.3) is 0 Å². The predicted octanol–water partition coefficient (Wildman–Crippen LogP) is -1.60. The highest BCUT2D eigenvalue weighted by Gasteiger charge is 2.23. The molecule has 0 unspecified atom stereocenters. The minimum Gasteiger partial charge on any atom is -0.333 e. The summed E-state index contributed by atoms with van der Waals surface area (Å²) < 4.78 is 0. The number of rotatable bonds is 7. The standard InChI is InChI=1S/C12H22N4O3/c1-13-5-7-15(2)8-10(17)14-11(18)9-16-6-3-4-12(16)19/h13H,3-9H2,1-2H3,(H,14,17,18). The van der Waals surface area contributed by atoms with E-state index in [-0.39, 0.29) is 24.9 Å². The van der Waals surface area contributed by atoms with Gasteiger partial charge in [-0.1, -0.05) is 0 Å². The molecule has 108 valence electrons. The maximum Gasteiger partial charge on any atom is 0.246 e. The first-order chi connectivity index (χ1) is 9.02. The Morgan fingerprint density at radius 3 is 2.68 bits per heavy atom. The van der Waals surface area contributed by atoms with E-state index in [0.29, 0.717) is 13.0 Å². The molecule has 0 aromatic carbocycles. The van der Waals surface area contributed by atoms with Crippen LogP contribution in [0.25, 0.3) is 0 Å². The third-order valence-corrected chi connectivity index (χ3v) is 2.94. The van der Waals surface area contributed by atoms with Gasteiger partial charge in [-0.2, -0.15) is 0 Å². The summed E-state index contributed by atoms with van der Waals surface area (Å²) in [5.41, 5.74) is 0. The number of nitrogens with one attached hydrogen (secondary N) is 2. The van der Waals surface area contributed by atoms with Crippen LogP contribution in [0.2, 0.25) is 0 Å². The Kier molecular flexibility index (Phi) is 6.44. The van der Waals surface area contributed by atoms with Gasteiger partial charge in [0.2, 0.25) is 17.7 Å². The van der Waals surface area contributed by atoms with E-state index in [2.05, 4.69) is 10.6 Å². The molecule has 7 nitrogen and oxygen atoms in total. The van der Waals surface area contributed by atoms with E-state index >= 15 is 0 Å². The Balaban J connectivity index is 2.24. The van der Waals surface area contributed by atoms with Crippen LogP contribution in [0.15, 0.2) is 0 Å². The van der Waals surface area contributed by atoms with Crippen molar-refractivity contribution in [2.24, 2.45) is 0 Å². The van der Waals surface area contributed by atoms with Crippen molar-refractivity contribution in [3.63, 3.8) is 0 Å². The van der Waals surface area contributed by atoms with Gasteiger partial charge in [0, 0.05) is 26.1 Å². The molecule has 0 aromatic rings. The summed E-state index contributed by atoms with van der Waals surface area (Å²) in [6, 6.07) is 0. The Labute approximate surface area is 113 Å². The van der Waals surface area contributed by atoms with E-state index in [1.807, 2.05) is 19.0 Å². The molecule has 0 spiro atoms. The van der Waals surface area contributed by atoms with Crippen LogP contribution in [0.1, 0.15) is 12.8 Å². The lowest BCUT2D eigenvalue weighted by atomic mass is 10.4. The highest BCUT2D eigenvalue weighted by molar-refractivity contribution is 5.98. The van der Waals surface area contributed by atoms with Gasteiger partial charge in [-0.15, -0.1) is 0 Å². The Bertz CT molecular complexity index is 346. The van der Waals surface area contributed by atoms with Crippen LogP contribution < -0.4 is 10.6 Å². The molecule has 7 heteroatoms. The minimum atomic E-state index is -0.415. The first-order valence-electron chi connectivity index (χ1n) is 6.46. The third kappa shape index (κ3) is 5.80. The van der Waals surface area contributed by atoms with Crippen molar-refractivity contribution >= 4 is 17.7 Å². The topological polar surface area (TPSA) is 81.8 Å². The highest BCUT2D eigenvalue weighted by atomic mass is 16.2. The lowest BCUT2D eigenvalue weighted by Gasteiger charge is -2.17. The number of hydrogen-bond acceptors (Lipinski definition) is 5. The first-order valence-corrected chi connectivity index (χ1v) is 6.46. The molecule has 0 radical (unpaired) electrons. The van der Waals surface area contributed by atoms with E-state index in [9.17, 15) is 14.4 Å². The van der Waals surface area contributed by atoms with Crippen LogP contribution in [-0.4, -0.2) is 74.3 Å². The number of nitrogens with zero attached hydrogens (tertiary/aromatic N) is 2. The molecule has 0 aliphatic carbocycles. The second-order valence-corrected chi connectivity index (χ2v) is 4.73. The molecule has 1 fully saturated rings. The number of carbonyl (C=O) groups is 3. The maximum absolute atomic E-state index is 11.6. The largest absolute Gasteiger partial charge is 0.333 e. The lowest BCUT2D eigenvalue weighted by Crippen LogP contribution is -2.44. The molecule has 3 amide bonds. The molecule has 0 atom stereocenters. The smallest absolute Gasteiger partial charge is 0.246 e. The van der Waals surface area contributed by atoms with E-state index in [0.717, 1.165) is 19.5 Å². The Morgan fingerprint density at radius 2 is 2.11 bits per heavy atom. The van der Waals surface area contributed by atoms with E-state index in [1.165, 1.54) is 4.90 Å². The zero-order valence-corrected chi connectivity index (χ0v) is 11.6. The van der Waals surface area contributed by atoms with Crippen molar-refractivity contribution in [3.8, 4) is 0 Å². The fraction of sp³-hybridized carbons (Fsp3) is 0.750. The summed E-state index contributed by atoms with van der Waals surface area (Å²) >= 11 is 0. The second kappa shape index (κ2) is 7.85. The molecule has 1 aliphatic heterocycles. The van der Waals surface area contributed by atoms with Gasteiger partial charge < -0.3 is 10.2 Å². The highest BCUT2D eigenvalue weighted by Crippen LogP contribution is 2.08. The molecule has 1 saturated heterocycles. The number of likely N-dealkylation sites (tertiary alicyclic amines) is 1. The van der Waals surface area contributed by atoms with Crippen molar-refractivity contribution in [2.75, 3.05) is 46.8 Å². The van der Waals surface area contributed by atoms with Crippen molar-refractivity contribution in [2.45, 2.75) is 12.8 Å². The van der Waals surface area contributed by atoms with Gasteiger partial charge in [0.15, 0.2) is 0 Å². The molecule has 0 bridgehead atoms. The summed E-state index contributed by atoms with van der Waals surface area (Å²) in [5.74, 6) is -0.772. The monoisotopic (exact) mass is 270 g/mol. The normalized spacial score (nSPS) is 15.1. The number of carbonyl (C=O) groups excluding carboxylic acids is 3. The average molecular weight is 270 g/mol. The summed E-state index contributed by atoms with van der Waals surface area (Å²) in [7, 11) is 3.65. The summed E-state index contributed by atoms with van der Waals surface area (Å²) in [4.78, 5) is 37.8. The molecule has 0 saturated carbocycles.